The fraction of sp³-hybridized carbons (Fsp3) is 1.00. The van der Waals surface area contributed by atoms with E-state index in [2.05, 4.69) is 17.1 Å². The van der Waals surface area contributed by atoms with Gasteiger partial charge in [0.25, 0.3) is 0 Å². The lowest BCUT2D eigenvalue weighted by Crippen LogP contribution is -2.53. The van der Waals surface area contributed by atoms with Crippen molar-refractivity contribution in [3.05, 3.63) is 0 Å². The van der Waals surface area contributed by atoms with Gasteiger partial charge in [-0.1, -0.05) is 6.92 Å². The molecule has 2 heterocycles. The number of aliphatic hydroxyl groups is 1. The van der Waals surface area contributed by atoms with Crippen molar-refractivity contribution in [2.75, 3.05) is 39.8 Å². The lowest BCUT2D eigenvalue weighted by atomic mass is 9.89. The molecule has 0 saturated carbocycles. The number of methoxy groups -OCH3 is 1. The Morgan fingerprint density at radius 2 is 2.12 bits per heavy atom. The van der Waals surface area contributed by atoms with E-state index in [1.54, 1.807) is 7.11 Å². The van der Waals surface area contributed by atoms with E-state index in [1.807, 2.05) is 0 Å². The molecule has 0 aromatic heterocycles. The van der Waals surface area contributed by atoms with Crippen molar-refractivity contribution in [1.29, 1.82) is 0 Å². The van der Waals surface area contributed by atoms with Crippen molar-refractivity contribution in [3.8, 4) is 0 Å². The average molecular weight is 242 g/mol. The molecule has 2 unspecified atom stereocenters. The second kappa shape index (κ2) is 5.65. The van der Waals surface area contributed by atoms with E-state index in [1.165, 1.54) is 6.42 Å². The number of ether oxygens (including phenoxy) is 1. The first-order chi connectivity index (χ1) is 8.13. The third-order valence-corrected chi connectivity index (χ3v) is 4.33. The number of hydrogen-bond donors (Lipinski definition) is 2. The highest BCUT2D eigenvalue weighted by Crippen LogP contribution is 2.24. The molecule has 0 bridgehead atoms. The number of nitrogens with one attached hydrogen (secondary N) is 1. The van der Waals surface area contributed by atoms with E-state index in [0.29, 0.717) is 12.0 Å². The summed E-state index contributed by atoms with van der Waals surface area (Å²) in [5.74, 6) is 0.638. The van der Waals surface area contributed by atoms with Crippen LogP contribution in [0.3, 0.4) is 0 Å². The van der Waals surface area contributed by atoms with Gasteiger partial charge in [-0.25, -0.2) is 0 Å². The molecule has 0 aliphatic carbocycles. The van der Waals surface area contributed by atoms with E-state index in [0.717, 1.165) is 45.6 Å². The Bertz CT molecular complexity index is 242. The molecule has 2 aliphatic rings. The molecule has 4 heteroatoms. The summed E-state index contributed by atoms with van der Waals surface area (Å²) in [4.78, 5) is 2.37. The molecule has 2 atom stereocenters. The van der Waals surface area contributed by atoms with Crippen LogP contribution in [0.1, 0.15) is 26.2 Å². The van der Waals surface area contributed by atoms with Gasteiger partial charge >= 0.3 is 0 Å². The Morgan fingerprint density at radius 1 is 1.41 bits per heavy atom. The summed E-state index contributed by atoms with van der Waals surface area (Å²) < 4.78 is 5.52. The fourth-order valence-electron chi connectivity index (χ4n) is 3.01. The van der Waals surface area contributed by atoms with Crippen molar-refractivity contribution >= 4 is 0 Å². The zero-order chi connectivity index (χ0) is 12.3. The third kappa shape index (κ3) is 3.41. The largest absolute Gasteiger partial charge is 0.388 e. The van der Waals surface area contributed by atoms with Crippen LogP contribution in [0.2, 0.25) is 0 Å². The Balaban J connectivity index is 1.86. The standard InChI is InChI=1S/C13H26N2O2/c1-11-3-8-15(9-12(11)17-2)10-13(16)4-6-14-7-5-13/h11-12,14,16H,3-10H2,1-2H3. The summed E-state index contributed by atoms with van der Waals surface area (Å²) in [6.45, 7) is 7.00. The number of hydrogen-bond acceptors (Lipinski definition) is 4. The molecule has 0 aromatic carbocycles. The van der Waals surface area contributed by atoms with Gasteiger partial charge in [-0.3, -0.25) is 4.90 Å². The molecule has 0 spiro atoms. The minimum Gasteiger partial charge on any atom is -0.388 e. The first-order valence-corrected chi connectivity index (χ1v) is 6.81. The molecular formula is C13H26N2O2. The Labute approximate surface area is 104 Å². The fourth-order valence-corrected chi connectivity index (χ4v) is 3.01. The predicted octanol–water partition coefficient (Wildman–Crippen LogP) is 0.458. The average Bonchev–Trinajstić information content (AvgIpc) is 2.32. The van der Waals surface area contributed by atoms with Crippen LogP contribution in [0.5, 0.6) is 0 Å². The van der Waals surface area contributed by atoms with Gasteiger partial charge < -0.3 is 15.2 Å². The van der Waals surface area contributed by atoms with Gasteiger partial charge in [-0.15, -0.1) is 0 Å². The highest BCUT2D eigenvalue weighted by atomic mass is 16.5. The minimum atomic E-state index is -0.482. The summed E-state index contributed by atoms with van der Waals surface area (Å²) in [5.41, 5.74) is -0.482. The van der Waals surface area contributed by atoms with Gasteiger partial charge in [-0.05, 0) is 44.8 Å². The van der Waals surface area contributed by atoms with Crippen molar-refractivity contribution in [3.63, 3.8) is 0 Å². The second-order valence-electron chi connectivity index (χ2n) is 5.75. The smallest absolute Gasteiger partial charge is 0.0798 e. The van der Waals surface area contributed by atoms with Crippen LogP contribution < -0.4 is 5.32 Å². The van der Waals surface area contributed by atoms with Crippen LogP contribution in [0.25, 0.3) is 0 Å². The molecule has 2 fully saturated rings. The summed E-state index contributed by atoms with van der Waals surface area (Å²) in [6, 6.07) is 0. The molecule has 2 saturated heterocycles. The number of rotatable bonds is 3. The maximum absolute atomic E-state index is 10.5. The van der Waals surface area contributed by atoms with Gasteiger partial charge in [0.1, 0.15) is 0 Å². The first-order valence-electron chi connectivity index (χ1n) is 6.81. The molecule has 0 radical (unpaired) electrons. The molecule has 0 amide bonds. The van der Waals surface area contributed by atoms with E-state index in [9.17, 15) is 5.11 Å². The third-order valence-electron chi connectivity index (χ3n) is 4.33. The number of nitrogens with zero attached hydrogens (tertiary/aromatic N) is 1. The van der Waals surface area contributed by atoms with E-state index >= 15 is 0 Å². The lowest BCUT2D eigenvalue weighted by molar-refractivity contribution is -0.0580. The van der Waals surface area contributed by atoms with Gasteiger partial charge in [-0.2, -0.15) is 0 Å². The Kier molecular flexibility index (Phi) is 4.42. The second-order valence-corrected chi connectivity index (χ2v) is 5.75. The van der Waals surface area contributed by atoms with E-state index < -0.39 is 5.60 Å². The molecule has 4 nitrogen and oxygen atoms in total. The molecule has 2 rings (SSSR count). The van der Waals surface area contributed by atoms with Gasteiger partial charge in [0.05, 0.1) is 11.7 Å². The van der Waals surface area contributed by atoms with Crippen molar-refractivity contribution in [2.45, 2.75) is 37.9 Å². The number of piperidine rings is 2. The van der Waals surface area contributed by atoms with Gasteiger partial charge in [0.2, 0.25) is 0 Å². The molecule has 2 N–H and O–H groups in total. The van der Waals surface area contributed by atoms with Crippen LogP contribution in [0.15, 0.2) is 0 Å². The van der Waals surface area contributed by atoms with Crippen LogP contribution in [0.4, 0.5) is 0 Å². The molecule has 17 heavy (non-hydrogen) atoms. The summed E-state index contributed by atoms with van der Waals surface area (Å²) in [7, 11) is 1.80. The predicted molar refractivity (Wildman–Crippen MR) is 68.1 cm³/mol. The first kappa shape index (κ1) is 13.3. The summed E-state index contributed by atoms with van der Waals surface area (Å²) in [6.07, 6.45) is 3.24. The van der Waals surface area contributed by atoms with Crippen LogP contribution in [0, 0.1) is 5.92 Å². The monoisotopic (exact) mass is 242 g/mol. The van der Waals surface area contributed by atoms with Crippen molar-refractivity contribution in [2.24, 2.45) is 5.92 Å². The highest BCUT2D eigenvalue weighted by molar-refractivity contribution is 4.89. The minimum absolute atomic E-state index is 0.328. The maximum atomic E-state index is 10.5. The van der Waals surface area contributed by atoms with Gasteiger partial charge in [0.15, 0.2) is 0 Å². The van der Waals surface area contributed by atoms with Crippen LogP contribution in [-0.2, 0) is 4.74 Å². The number of likely N-dealkylation sites (tertiary alicyclic amines) is 1. The molecule has 2 aliphatic heterocycles. The lowest BCUT2D eigenvalue weighted by Gasteiger charge is -2.42. The highest BCUT2D eigenvalue weighted by Gasteiger charge is 2.34. The van der Waals surface area contributed by atoms with Crippen molar-refractivity contribution in [1.82, 2.24) is 10.2 Å². The van der Waals surface area contributed by atoms with Crippen LogP contribution in [-0.4, -0.2) is 61.5 Å². The normalized spacial score (nSPS) is 34.8. The van der Waals surface area contributed by atoms with E-state index in [-0.39, 0.29) is 0 Å². The number of β-amino-alcohol motifs (C(OH)–C–C–N with tert-alkyl or cyclic N) is 1. The summed E-state index contributed by atoms with van der Waals surface area (Å²) in [5, 5.41) is 13.8. The SMILES string of the molecule is COC1CN(CC2(O)CCNCC2)CCC1C. The Hall–Kier alpha value is -0.160. The van der Waals surface area contributed by atoms with Gasteiger partial charge in [0, 0.05) is 20.2 Å². The van der Waals surface area contributed by atoms with E-state index in [4.69, 9.17) is 4.74 Å². The zero-order valence-corrected chi connectivity index (χ0v) is 11.1. The topological polar surface area (TPSA) is 44.7 Å². The quantitative estimate of drug-likeness (QED) is 0.754. The molecular weight excluding hydrogens is 216 g/mol. The Morgan fingerprint density at radius 3 is 2.76 bits per heavy atom. The molecule has 0 aromatic rings. The van der Waals surface area contributed by atoms with Crippen LogP contribution >= 0.6 is 0 Å². The van der Waals surface area contributed by atoms with Crippen molar-refractivity contribution < 1.29 is 9.84 Å². The zero-order valence-electron chi connectivity index (χ0n) is 11.1. The molecule has 100 valence electrons. The maximum Gasteiger partial charge on any atom is 0.0798 e. The summed E-state index contributed by atoms with van der Waals surface area (Å²) >= 11 is 0.